The van der Waals surface area contributed by atoms with Gasteiger partial charge in [0.2, 0.25) is 0 Å². The Morgan fingerprint density at radius 3 is 1.46 bits per heavy atom. The van der Waals surface area contributed by atoms with Crippen molar-refractivity contribution >= 4 is 7.60 Å². The third-order valence-electron chi connectivity index (χ3n) is 4.54. The maximum atomic E-state index is 13.9. The van der Waals surface area contributed by atoms with Gasteiger partial charge in [0.25, 0.3) is 0 Å². The maximum absolute atomic E-state index is 13.9. The Kier molecular flexibility index (Phi) is 5.38. The molecule has 5 heteroatoms. The van der Waals surface area contributed by atoms with Crippen molar-refractivity contribution in [3.63, 3.8) is 0 Å². The Hall–Kier alpha value is -2.26. The molecule has 0 atom stereocenters. The molecule has 0 aliphatic rings. The van der Waals surface area contributed by atoms with Crippen LogP contribution < -0.4 is 0 Å². The van der Waals surface area contributed by atoms with E-state index in [0.717, 1.165) is 11.1 Å². The minimum atomic E-state index is -3.73. The molecule has 0 saturated heterocycles. The first-order valence-electron chi connectivity index (χ1n) is 8.17. The SMILES string of the molecule is COP(=O)(OC)C(c1ccccc1)(c1ccccc1)c1ccc(F)cc1. The summed E-state index contributed by atoms with van der Waals surface area (Å²) in [6.45, 7) is 0. The fraction of sp³-hybridized carbons (Fsp3) is 0.143. The van der Waals surface area contributed by atoms with Crippen molar-refractivity contribution in [1.29, 1.82) is 0 Å². The summed E-state index contributed by atoms with van der Waals surface area (Å²) in [4.78, 5) is 0. The Bertz CT molecular complexity index is 848. The second kappa shape index (κ2) is 7.55. The van der Waals surface area contributed by atoms with Gasteiger partial charge in [-0.15, -0.1) is 0 Å². The first kappa shape index (κ1) is 18.5. The van der Waals surface area contributed by atoms with Gasteiger partial charge in [0.1, 0.15) is 11.0 Å². The molecule has 0 N–H and O–H groups in total. The van der Waals surface area contributed by atoms with Crippen molar-refractivity contribution in [2.75, 3.05) is 14.2 Å². The lowest BCUT2D eigenvalue weighted by atomic mass is 9.84. The summed E-state index contributed by atoms with van der Waals surface area (Å²) in [5.74, 6) is -0.367. The van der Waals surface area contributed by atoms with Crippen LogP contribution >= 0.6 is 7.60 Å². The highest BCUT2D eigenvalue weighted by Gasteiger charge is 2.54. The van der Waals surface area contributed by atoms with Crippen LogP contribution in [-0.4, -0.2) is 14.2 Å². The van der Waals surface area contributed by atoms with Gasteiger partial charge in [-0.2, -0.15) is 0 Å². The Balaban J connectivity index is 2.47. The minimum Gasteiger partial charge on any atom is -0.311 e. The summed E-state index contributed by atoms with van der Waals surface area (Å²) in [5.41, 5.74) is 2.11. The Morgan fingerprint density at radius 1 is 0.692 bits per heavy atom. The third kappa shape index (κ3) is 2.90. The van der Waals surface area contributed by atoms with Crippen LogP contribution in [0.15, 0.2) is 84.9 Å². The fourth-order valence-corrected chi connectivity index (χ4v) is 5.47. The number of rotatable bonds is 6. The van der Waals surface area contributed by atoms with Gasteiger partial charge >= 0.3 is 7.60 Å². The molecular formula is C21H20FO3P. The molecule has 0 radical (unpaired) electrons. The molecule has 0 unspecified atom stereocenters. The van der Waals surface area contributed by atoms with E-state index in [2.05, 4.69) is 0 Å². The number of hydrogen-bond acceptors (Lipinski definition) is 3. The molecule has 3 aromatic rings. The van der Waals surface area contributed by atoms with Crippen molar-refractivity contribution in [2.24, 2.45) is 0 Å². The Labute approximate surface area is 152 Å². The van der Waals surface area contributed by atoms with E-state index >= 15 is 0 Å². The van der Waals surface area contributed by atoms with Crippen LogP contribution in [-0.2, 0) is 18.8 Å². The molecule has 0 saturated carbocycles. The second-order valence-corrected chi connectivity index (χ2v) is 8.21. The first-order chi connectivity index (χ1) is 12.6. The molecule has 0 aliphatic carbocycles. The lowest BCUT2D eigenvalue weighted by Crippen LogP contribution is -2.31. The first-order valence-corrected chi connectivity index (χ1v) is 9.71. The molecule has 0 amide bonds. The molecule has 0 fully saturated rings. The number of benzene rings is 3. The van der Waals surface area contributed by atoms with Crippen LogP contribution in [0.3, 0.4) is 0 Å². The zero-order chi connectivity index (χ0) is 18.6. The standard InChI is InChI=1S/C21H20FO3P/c1-24-26(23,25-2)21(17-9-5-3-6-10-17,18-11-7-4-8-12-18)19-13-15-20(22)16-14-19/h3-16H,1-2H3. The van der Waals surface area contributed by atoms with Gasteiger partial charge in [0.05, 0.1) is 0 Å². The van der Waals surface area contributed by atoms with Crippen LogP contribution in [0.4, 0.5) is 4.39 Å². The average Bonchev–Trinajstić information content (AvgIpc) is 2.71. The van der Waals surface area contributed by atoms with E-state index in [9.17, 15) is 8.96 Å². The molecule has 0 aromatic heterocycles. The van der Waals surface area contributed by atoms with Crippen molar-refractivity contribution in [3.8, 4) is 0 Å². The molecule has 3 aromatic carbocycles. The Morgan fingerprint density at radius 2 is 1.08 bits per heavy atom. The monoisotopic (exact) mass is 370 g/mol. The van der Waals surface area contributed by atoms with Crippen molar-refractivity contribution in [3.05, 3.63) is 107 Å². The minimum absolute atomic E-state index is 0.367. The van der Waals surface area contributed by atoms with Gasteiger partial charge in [-0.25, -0.2) is 4.39 Å². The van der Waals surface area contributed by atoms with E-state index in [1.165, 1.54) is 26.4 Å². The lowest BCUT2D eigenvalue weighted by Gasteiger charge is -2.39. The summed E-state index contributed by atoms with van der Waals surface area (Å²) >= 11 is 0. The largest absolute Gasteiger partial charge is 0.349 e. The van der Waals surface area contributed by atoms with Gasteiger partial charge < -0.3 is 9.05 Å². The molecule has 0 bridgehead atoms. The van der Waals surface area contributed by atoms with Crippen molar-refractivity contribution < 1.29 is 18.0 Å². The van der Waals surface area contributed by atoms with Crippen LogP contribution in [0.25, 0.3) is 0 Å². The molecule has 0 spiro atoms. The van der Waals surface area contributed by atoms with Gasteiger partial charge in [0.15, 0.2) is 0 Å². The quantitative estimate of drug-likeness (QED) is 0.418. The van der Waals surface area contributed by atoms with Crippen LogP contribution in [0.1, 0.15) is 16.7 Å². The van der Waals surface area contributed by atoms with Crippen molar-refractivity contribution in [1.82, 2.24) is 0 Å². The van der Waals surface area contributed by atoms with Gasteiger partial charge in [-0.05, 0) is 28.8 Å². The maximum Gasteiger partial charge on any atom is 0.349 e. The molecule has 3 nitrogen and oxygen atoms in total. The highest BCUT2D eigenvalue weighted by Crippen LogP contribution is 2.69. The zero-order valence-corrected chi connectivity index (χ0v) is 15.5. The highest BCUT2D eigenvalue weighted by atomic mass is 31.2. The van der Waals surface area contributed by atoms with E-state index in [-0.39, 0.29) is 5.82 Å². The fourth-order valence-electron chi connectivity index (χ4n) is 3.37. The van der Waals surface area contributed by atoms with Crippen molar-refractivity contribution in [2.45, 2.75) is 5.16 Å². The molecule has 134 valence electrons. The highest BCUT2D eigenvalue weighted by molar-refractivity contribution is 7.55. The van der Waals surface area contributed by atoms with E-state index in [1.54, 1.807) is 12.1 Å². The third-order valence-corrected chi connectivity index (χ3v) is 7.09. The molecule has 3 rings (SSSR count). The van der Waals surface area contributed by atoms with E-state index < -0.39 is 12.8 Å². The summed E-state index contributed by atoms with van der Waals surface area (Å²) in [6, 6.07) is 24.7. The lowest BCUT2D eigenvalue weighted by molar-refractivity contribution is 0.259. The normalized spacial score (nSPS) is 12.1. The average molecular weight is 370 g/mol. The topological polar surface area (TPSA) is 35.5 Å². The summed E-state index contributed by atoms with van der Waals surface area (Å²) in [5, 5.41) is -1.23. The molecule has 0 aliphatic heterocycles. The second-order valence-electron chi connectivity index (χ2n) is 5.81. The summed E-state index contributed by atoms with van der Waals surface area (Å²) in [7, 11) is -0.987. The summed E-state index contributed by atoms with van der Waals surface area (Å²) < 4.78 is 38.5. The van der Waals surface area contributed by atoms with Crippen LogP contribution in [0, 0.1) is 5.82 Å². The molecule has 26 heavy (non-hydrogen) atoms. The molecule has 0 heterocycles. The number of halogens is 1. The predicted octanol–water partition coefficient (Wildman–Crippen LogP) is 5.60. The van der Waals surface area contributed by atoms with Gasteiger partial charge in [0, 0.05) is 14.2 Å². The summed E-state index contributed by atoms with van der Waals surface area (Å²) in [6.07, 6.45) is 0. The predicted molar refractivity (Wildman–Crippen MR) is 101 cm³/mol. The van der Waals surface area contributed by atoms with Gasteiger partial charge in [-0.3, -0.25) is 4.57 Å². The van der Waals surface area contributed by atoms with Gasteiger partial charge in [-0.1, -0.05) is 72.8 Å². The number of hydrogen-bond donors (Lipinski definition) is 0. The zero-order valence-electron chi connectivity index (χ0n) is 14.6. The van der Waals surface area contributed by atoms with E-state index in [4.69, 9.17) is 9.05 Å². The molecular weight excluding hydrogens is 350 g/mol. The van der Waals surface area contributed by atoms with Crippen LogP contribution in [0.5, 0.6) is 0 Å². The van der Waals surface area contributed by atoms with E-state index in [1.807, 2.05) is 60.7 Å². The van der Waals surface area contributed by atoms with E-state index in [0.29, 0.717) is 5.56 Å². The van der Waals surface area contributed by atoms with Crippen LogP contribution in [0.2, 0.25) is 0 Å². The smallest absolute Gasteiger partial charge is 0.311 e.